The molecule has 0 saturated carbocycles. The first-order valence-corrected chi connectivity index (χ1v) is 8.19. The molecule has 0 spiro atoms. The van der Waals surface area contributed by atoms with Crippen LogP contribution < -0.4 is 0 Å². The molecule has 1 aromatic carbocycles. The second-order valence-electron chi connectivity index (χ2n) is 5.07. The van der Waals surface area contributed by atoms with Crippen molar-refractivity contribution in [3.05, 3.63) is 40.7 Å². The lowest BCUT2D eigenvalue weighted by atomic mass is 10.1. The summed E-state index contributed by atoms with van der Waals surface area (Å²) in [5, 5.41) is 2.86. The van der Waals surface area contributed by atoms with E-state index in [4.69, 9.17) is 11.6 Å². The van der Waals surface area contributed by atoms with Crippen LogP contribution in [0.4, 0.5) is 4.39 Å². The minimum absolute atomic E-state index is 0.130. The molecule has 0 N–H and O–H groups in total. The average molecular weight is 311 g/mol. The van der Waals surface area contributed by atoms with E-state index >= 15 is 0 Å². The third-order valence-corrected chi connectivity index (χ3v) is 4.79. The summed E-state index contributed by atoms with van der Waals surface area (Å²) in [6, 6.07) is 5.26. The third-order valence-electron chi connectivity index (χ3n) is 3.57. The van der Waals surface area contributed by atoms with E-state index in [-0.39, 0.29) is 5.82 Å². The summed E-state index contributed by atoms with van der Waals surface area (Å²) in [6.45, 7) is 2.82. The molecular weight excluding hydrogens is 295 g/mol. The van der Waals surface area contributed by atoms with Crippen LogP contribution in [-0.4, -0.2) is 23.0 Å². The molecule has 106 valence electrons. The van der Waals surface area contributed by atoms with Gasteiger partial charge in [0.1, 0.15) is 10.8 Å². The molecule has 1 aromatic heterocycles. The fourth-order valence-corrected chi connectivity index (χ4v) is 3.56. The molecule has 2 nitrogen and oxygen atoms in total. The average Bonchev–Trinajstić information content (AvgIpc) is 3.12. The van der Waals surface area contributed by atoms with E-state index in [0.29, 0.717) is 12.4 Å². The van der Waals surface area contributed by atoms with Gasteiger partial charge in [-0.25, -0.2) is 9.37 Å². The van der Waals surface area contributed by atoms with Crippen molar-refractivity contribution in [3.8, 4) is 10.6 Å². The van der Waals surface area contributed by atoms with Crippen LogP contribution in [0.5, 0.6) is 0 Å². The molecule has 1 fully saturated rings. The first-order chi connectivity index (χ1) is 9.76. The fourth-order valence-electron chi connectivity index (χ4n) is 2.51. The van der Waals surface area contributed by atoms with Gasteiger partial charge in [-0.15, -0.1) is 22.9 Å². The van der Waals surface area contributed by atoms with Gasteiger partial charge in [-0.1, -0.05) is 0 Å². The predicted molar refractivity (Wildman–Crippen MR) is 81.6 cm³/mol. The summed E-state index contributed by atoms with van der Waals surface area (Å²) in [6.07, 6.45) is 2.43. The zero-order chi connectivity index (χ0) is 13.9. The molecule has 2 aromatic rings. The van der Waals surface area contributed by atoms with Gasteiger partial charge in [0.15, 0.2) is 0 Å². The molecule has 0 atom stereocenters. The van der Waals surface area contributed by atoms with Crippen LogP contribution in [0.15, 0.2) is 23.6 Å². The lowest BCUT2D eigenvalue weighted by molar-refractivity contribution is 0.325. The number of nitrogens with zero attached hydrogens (tertiary/aromatic N) is 2. The smallest absolute Gasteiger partial charge is 0.127 e. The number of likely N-dealkylation sites (tertiary alicyclic amines) is 1. The normalized spacial score (nSPS) is 15.9. The zero-order valence-electron chi connectivity index (χ0n) is 11.1. The first kappa shape index (κ1) is 14.0. The number of hydrogen-bond acceptors (Lipinski definition) is 3. The molecule has 0 aliphatic carbocycles. The van der Waals surface area contributed by atoms with Crippen molar-refractivity contribution < 1.29 is 4.39 Å². The SMILES string of the molecule is Fc1ccc(-c2nc(CCl)cs2)cc1CN1CCCC1. The second kappa shape index (κ2) is 6.20. The van der Waals surface area contributed by atoms with E-state index in [9.17, 15) is 4.39 Å². The summed E-state index contributed by atoms with van der Waals surface area (Å²) in [4.78, 5) is 6.75. The van der Waals surface area contributed by atoms with E-state index in [1.54, 1.807) is 23.5 Å². The van der Waals surface area contributed by atoms with Gasteiger partial charge in [-0.3, -0.25) is 4.90 Å². The van der Waals surface area contributed by atoms with Crippen molar-refractivity contribution in [2.24, 2.45) is 0 Å². The number of hydrogen-bond donors (Lipinski definition) is 0. The summed E-state index contributed by atoms with van der Waals surface area (Å²) < 4.78 is 13.9. The standard InChI is InChI=1S/C15H16ClFN2S/c16-8-13-10-20-15(18-13)11-3-4-14(17)12(7-11)9-19-5-1-2-6-19/h3-4,7,10H,1-2,5-6,8-9H2. The second-order valence-corrected chi connectivity index (χ2v) is 6.19. The Hall–Kier alpha value is -0.970. The Labute approximate surface area is 127 Å². The topological polar surface area (TPSA) is 16.1 Å². The number of rotatable bonds is 4. The van der Waals surface area contributed by atoms with Crippen LogP contribution in [0.3, 0.4) is 0 Å². The van der Waals surface area contributed by atoms with Crippen molar-refractivity contribution in [2.75, 3.05) is 13.1 Å². The summed E-state index contributed by atoms with van der Waals surface area (Å²) in [5.74, 6) is 0.285. The highest BCUT2D eigenvalue weighted by Crippen LogP contribution is 2.27. The maximum absolute atomic E-state index is 13.9. The molecule has 0 unspecified atom stereocenters. The maximum atomic E-state index is 13.9. The number of aromatic nitrogens is 1. The van der Waals surface area contributed by atoms with Crippen LogP contribution in [0, 0.1) is 5.82 Å². The van der Waals surface area contributed by atoms with Crippen molar-refractivity contribution in [1.82, 2.24) is 9.88 Å². The molecule has 1 saturated heterocycles. The highest BCUT2D eigenvalue weighted by molar-refractivity contribution is 7.13. The Balaban J connectivity index is 1.85. The lowest BCUT2D eigenvalue weighted by Crippen LogP contribution is -2.19. The van der Waals surface area contributed by atoms with Gasteiger partial charge in [-0.05, 0) is 44.1 Å². The number of benzene rings is 1. The Bertz CT molecular complexity index is 593. The lowest BCUT2D eigenvalue weighted by Gasteiger charge is -2.15. The van der Waals surface area contributed by atoms with Crippen molar-refractivity contribution >= 4 is 22.9 Å². The summed E-state index contributed by atoms with van der Waals surface area (Å²) >= 11 is 7.33. The number of alkyl halides is 1. The van der Waals surface area contributed by atoms with Crippen LogP contribution in [0.2, 0.25) is 0 Å². The van der Waals surface area contributed by atoms with E-state index < -0.39 is 0 Å². The van der Waals surface area contributed by atoms with E-state index in [1.807, 2.05) is 11.4 Å². The Morgan fingerprint density at radius 2 is 2.10 bits per heavy atom. The van der Waals surface area contributed by atoms with Crippen molar-refractivity contribution in [3.63, 3.8) is 0 Å². The highest BCUT2D eigenvalue weighted by Gasteiger charge is 2.15. The van der Waals surface area contributed by atoms with Gasteiger partial charge in [0.2, 0.25) is 0 Å². The monoisotopic (exact) mass is 310 g/mol. The highest BCUT2D eigenvalue weighted by atomic mass is 35.5. The van der Waals surface area contributed by atoms with Gasteiger partial charge < -0.3 is 0 Å². The van der Waals surface area contributed by atoms with Crippen LogP contribution >= 0.6 is 22.9 Å². The van der Waals surface area contributed by atoms with Gasteiger partial charge in [0.05, 0.1) is 11.6 Å². The summed E-state index contributed by atoms with van der Waals surface area (Å²) in [5.41, 5.74) is 2.60. The predicted octanol–water partition coefficient (Wildman–Crippen LogP) is 4.28. The molecule has 1 aliphatic rings. The van der Waals surface area contributed by atoms with Gasteiger partial charge in [0, 0.05) is 23.1 Å². The number of halogens is 2. The molecule has 2 heterocycles. The van der Waals surface area contributed by atoms with Gasteiger partial charge in [-0.2, -0.15) is 0 Å². The molecule has 1 aliphatic heterocycles. The van der Waals surface area contributed by atoms with Crippen molar-refractivity contribution in [1.29, 1.82) is 0 Å². The minimum Gasteiger partial charge on any atom is -0.299 e. The molecule has 0 amide bonds. The minimum atomic E-state index is -0.130. The van der Waals surface area contributed by atoms with Crippen molar-refractivity contribution in [2.45, 2.75) is 25.3 Å². The van der Waals surface area contributed by atoms with Gasteiger partial charge in [0.25, 0.3) is 0 Å². The third kappa shape index (κ3) is 3.03. The van der Waals surface area contributed by atoms with Crippen LogP contribution in [-0.2, 0) is 12.4 Å². The Morgan fingerprint density at radius 3 is 2.80 bits per heavy atom. The molecular formula is C15H16ClFN2S. The van der Waals surface area contributed by atoms with E-state index in [2.05, 4.69) is 9.88 Å². The zero-order valence-corrected chi connectivity index (χ0v) is 12.7. The Kier molecular flexibility index (Phi) is 4.34. The maximum Gasteiger partial charge on any atom is 0.127 e. The molecule has 20 heavy (non-hydrogen) atoms. The van der Waals surface area contributed by atoms with E-state index in [0.717, 1.165) is 34.9 Å². The van der Waals surface area contributed by atoms with Gasteiger partial charge >= 0.3 is 0 Å². The van der Waals surface area contributed by atoms with E-state index in [1.165, 1.54) is 12.8 Å². The fraction of sp³-hybridized carbons (Fsp3) is 0.400. The van der Waals surface area contributed by atoms with Crippen LogP contribution in [0.1, 0.15) is 24.1 Å². The summed E-state index contributed by atoms with van der Waals surface area (Å²) in [7, 11) is 0. The first-order valence-electron chi connectivity index (χ1n) is 6.78. The molecule has 0 bridgehead atoms. The largest absolute Gasteiger partial charge is 0.299 e. The molecule has 3 rings (SSSR count). The van der Waals surface area contributed by atoms with Crippen LogP contribution in [0.25, 0.3) is 10.6 Å². The Morgan fingerprint density at radius 1 is 1.30 bits per heavy atom. The number of thiazole rings is 1. The quantitative estimate of drug-likeness (QED) is 0.783. The molecule has 5 heteroatoms. The molecule has 0 radical (unpaired) electrons.